The molecule has 0 aliphatic heterocycles. The van der Waals surface area contributed by atoms with Crippen molar-refractivity contribution in [1.29, 1.82) is 0 Å². The lowest BCUT2D eigenvalue weighted by Crippen LogP contribution is -2.28. The van der Waals surface area contributed by atoms with Gasteiger partial charge in [0, 0.05) is 12.0 Å². The average molecular weight is 312 g/mol. The van der Waals surface area contributed by atoms with Gasteiger partial charge in [-0.1, -0.05) is 39.0 Å². The van der Waals surface area contributed by atoms with Crippen molar-refractivity contribution in [3.05, 3.63) is 30.6 Å². The van der Waals surface area contributed by atoms with Gasteiger partial charge >= 0.3 is 0 Å². The van der Waals surface area contributed by atoms with Crippen LogP contribution in [0, 0.1) is 5.41 Å². The van der Waals surface area contributed by atoms with Gasteiger partial charge in [-0.3, -0.25) is 0 Å². The van der Waals surface area contributed by atoms with Crippen LogP contribution in [-0.2, 0) is 4.74 Å². The summed E-state index contributed by atoms with van der Waals surface area (Å²) in [6.45, 7) is 10.0. The first-order chi connectivity index (χ1) is 10.9. The van der Waals surface area contributed by atoms with Crippen LogP contribution in [0.1, 0.15) is 33.7 Å². The van der Waals surface area contributed by atoms with Crippen molar-refractivity contribution in [1.82, 2.24) is 14.5 Å². The fourth-order valence-electron chi connectivity index (χ4n) is 2.98. The van der Waals surface area contributed by atoms with E-state index in [2.05, 4.69) is 41.4 Å². The topological polar surface area (TPSA) is 66.0 Å². The number of ether oxygens (including phenoxy) is 1. The molecule has 5 heteroatoms. The summed E-state index contributed by atoms with van der Waals surface area (Å²) in [6.07, 6.45) is 1.87. The van der Waals surface area contributed by atoms with Gasteiger partial charge in [0.15, 0.2) is 5.82 Å². The molecule has 2 aromatic heterocycles. The maximum absolute atomic E-state index is 6.13. The number of benzene rings is 1. The minimum Gasteiger partial charge on any atom is -0.382 e. The first-order valence-electron chi connectivity index (χ1n) is 8.02. The molecule has 2 heterocycles. The Kier molecular flexibility index (Phi) is 3.98. The molecule has 2 N–H and O–H groups in total. The quantitative estimate of drug-likeness (QED) is 0.796. The number of nitrogens with two attached hydrogens (primary N) is 1. The molecule has 1 atom stereocenters. The Morgan fingerprint density at radius 2 is 2.00 bits per heavy atom. The monoisotopic (exact) mass is 312 g/mol. The normalized spacial score (nSPS) is 13.7. The van der Waals surface area contributed by atoms with E-state index in [-0.39, 0.29) is 11.5 Å². The highest BCUT2D eigenvalue weighted by Gasteiger charge is 2.28. The van der Waals surface area contributed by atoms with Crippen LogP contribution in [0.5, 0.6) is 0 Å². The number of anilines is 1. The van der Waals surface area contributed by atoms with E-state index in [1.165, 1.54) is 0 Å². The number of para-hydroxylation sites is 1. The Labute approximate surface area is 136 Å². The van der Waals surface area contributed by atoms with Crippen LogP contribution in [-0.4, -0.2) is 27.7 Å². The molecule has 5 nitrogen and oxygen atoms in total. The molecule has 0 fully saturated rings. The second-order valence-electron chi connectivity index (χ2n) is 6.90. The lowest BCUT2D eigenvalue weighted by atomic mass is 9.87. The van der Waals surface area contributed by atoms with Crippen LogP contribution < -0.4 is 5.73 Å². The maximum atomic E-state index is 6.13. The summed E-state index contributed by atoms with van der Waals surface area (Å²) >= 11 is 0. The number of hydrogen-bond acceptors (Lipinski definition) is 4. The molecule has 0 unspecified atom stereocenters. The zero-order valence-corrected chi connectivity index (χ0v) is 14.2. The first kappa shape index (κ1) is 15.7. The predicted octanol–water partition coefficient (Wildman–Crippen LogP) is 3.79. The van der Waals surface area contributed by atoms with Gasteiger partial charge in [-0.15, -0.1) is 0 Å². The van der Waals surface area contributed by atoms with Crippen LogP contribution in [0.25, 0.3) is 21.9 Å². The minimum absolute atomic E-state index is 0.0297. The summed E-state index contributed by atoms with van der Waals surface area (Å²) in [6, 6.07) is 8.21. The molecule has 0 aliphatic rings. The molecular formula is C18H24N4O. The Hall–Kier alpha value is -2.14. The maximum Gasteiger partial charge on any atom is 0.152 e. The third kappa shape index (κ3) is 2.77. The van der Waals surface area contributed by atoms with Gasteiger partial charge in [-0.25, -0.2) is 9.97 Å². The van der Waals surface area contributed by atoms with E-state index in [1.54, 1.807) is 0 Å². The predicted molar refractivity (Wildman–Crippen MR) is 94.4 cm³/mol. The number of pyridine rings is 1. The number of rotatable bonds is 4. The van der Waals surface area contributed by atoms with E-state index < -0.39 is 0 Å². The molecule has 3 aromatic rings. The van der Waals surface area contributed by atoms with Crippen LogP contribution in [0.4, 0.5) is 5.82 Å². The number of imidazole rings is 1. The zero-order valence-electron chi connectivity index (χ0n) is 14.2. The van der Waals surface area contributed by atoms with Gasteiger partial charge in [-0.05, 0) is 18.4 Å². The minimum atomic E-state index is 0.0297. The van der Waals surface area contributed by atoms with Crippen LogP contribution in [0.15, 0.2) is 30.6 Å². The van der Waals surface area contributed by atoms with Crippen LogP contribution in [0.3, 0.4) is 0 Å². The lowest BCUT2D eigenvalue weighted by Gasteiger charge is -2.32. The number of hydrogen-bond donors (Lipinski definition) is 1. The average Bonchev–Trinajstić information content (AvgIpc) is 2.92. The van der Waals surface area contributed by atoms with E-state index in [1.807, 2.05) is 31.5 Å². The fourth-order valence-corrected chi connectivity index (χ4v) is 2.98. The first-order valence-corrected chi connectivity index (χ1v) is 8.02. The molecular weight excluding hydrogens is 288 g/mol. The van der Waals surface area contributed by atoms with Crippen molar-refractivity contribution in [3.8, 4) is 0 Å². The Morgan fingerprint density at radius 1 is 1.26 bits per heavy atom. The summed E-state index contributed by atoms with van der Waals surface area (Å²) in [5, 5.41) is 1.07. The second kappa shape index (κ2) is 5.81. The van der Waals surface area contributed by atoms with Gasteiger partial charge in [0.2, 0.25) is 0 Å². The lowest BCUT2D eigenvalue weighted by molar-refractivity contribution is 0.0702. The Bertz CT molecular complexity index is 832. The molecule has 0 amide bonds. The molecule has 0 bridgehead atoms. The molecule has 0 saturated carbocycles. The van der Waals surface area contributed by atoms with Crippen molar-refractivity contribution < 1.29 is 4.74 Å². The third-order valence-electron chi connectivity index (χ3n) is 4.25. The van der Waals surface area contributed by atoms with E-state index in [4.69, 9.17) is 10.5 Å². The summed E-state index contributed by atoms with van der Waals surface area (Å²) in [5.74, 6) is 0.474. The van der Waals surface area contributed by atoms with E-state index >= 15 is 0 Å². The van der Waals surface area contributed by atoms with E-state index in [0.29, 0.717) is 19.0 Å². The van der Waals surface area contributed by atoms with Gasteiger partial charge in [0.05, 0.1) is 30.0 Å². The van der Waals surface area contributed by atoms with E-state index in [9.17, 15) is 0 Å². The molecule has 23 heavy (non-hydrogen) atoms. The fraction of sp³-hybridized carbons (Fsp3) is 0.444. The molecule has 3 rings (SSSR count). The number of aromatic nitrogens is 3. The van der Waals surface area contributed by atoms with E-state index in [0.717, 1.165) is 21.9 Å². The smallest absolute Gasteiger partial charge is 0.152 e. The molecule has 122 valence electrons. The van der Waals surface area contributed by atoms with Gasteiger partial charge in [0.25, 0.3) is 0 Å². The van der Waals surface area contributed by atoms with Gasteiger partial charge in [0.1, 0.15) is 5.52 Å². The standard InChI is InChI=1S/C18H24N4O/c1-5-23-10-14(18(2,3)4)22-11-20-15-16(22)12-8-6-7-9-13(12)21-17(15)19/h6-9,11,14H,5,10H2,1-4H3,(H2,19,21)/t14-/m1/s1. The molecule has 0 radical (unpaired) electrons. The van der Waals surface area contributed by atoms with Gasteiger partial charge in [-0.2, -0.15) is 0 Å². The van der Waals surface area contributed by atoms with Crippen molar-refractivity contribution in [3.63, 3.8) is 0 Å². The van der Waals surface area contributed by atoms with Crippen LogP contribution >= 0.6 is 0 Å². The summed E-state index contributed by atoms with van der Waals surface area (Å²) in [4.78, 5) is 9.00. The Balaban J connectivity index is 2.28. The number of fused-ring (bicyclic) bond motifs is 3. The summed E-state index contributed by atoms with van der Waals surface area (Å²) < 4.78 is 7.94. The third-order valence-corrected chi connectivity index (χ3v) is 4.25. The van der Waals surface area contributed by atoms with Crippen molar-refractivity contribution in [2.24, 2.45) is 5.41 Å². The van der Waals surface area contributed by atoms with Crippen LogP contribution in [0.2, 0.25) is 0 Å². The highest BCUT2D eigenvalue weighted by Crippen LogP contribution is 2.36. The molecule has 0 spiro atoms. The summed E-state index contributed by atoms with van der Waals surface area (Å²) in [7, 11) is 0. The second-order valence-corrected chi connectivity index (χ2v) is 6.90. The highest BCUT2D eigenvalue weighted by atomic mass is 16.5. The molecule has 1 aromatic carbocycles. The zero-order chi connectivity index (χ0) is 16.6. The highest BCUT2D eigenvalue weighted by molar-refractivity contribution is 6.06. The molecule has 0 aliphatic carbocycles. The summed E-state index contributed by atoms with van der Waals surface area (Å²) in [5.41, 5.74) is 8.84. The van der Waals surface area contributed by atoms with Crippen molar-refractivity contribution in [2.75, 3.05) is 18.9 Å². The van der Waals surface area contributed by atoms with Crippen molar-refractivity contribution >= 4 is 27.8 Å². The van der Waals surface area contributed by atoms with Crippen molar-refractivity contribution in [2.45, 2.75) is 33.7 Å². The van der Waals surface area contributed by atoms with Gasteiger partial charge < -0.3 is 15.0 Å². The molecule has 0 saturated heterocycles. The Morgan fingerprint density at radius 3 is 2.70 bits per heavy atom. The SMILES string of the molecule is CCOC[C@@H](n1cnc2c(N)nc3ccccc3c21)C(C)(C)C. The number of nitrogen functional groups attached to an aromatic ring is 1. The largest absolute Gasteiger partial charge is 0.382 e. The number of nitrogens with zero attached hydrogens (tertiary/aromatic N) is 3.